The van der Waals surface area contributed by atoms with Gasteiger partial charge in [-0.15, -0.1) is 0 Å². The van der Waals surface area contributed by atoms with Gasteiger partial charge < -0.3 is 14.5 Å². The summed E-state index contributed by atoms with van der Waals surface area (Å²) in [4.78, 5) is 42.3. The average molecular weight is 722 g/mol. The van der Waals surface area contributed by atoms with E-state index in [0.717, 1.165) is 67.6 Å². The Morgan fingerprint density at radius 3 is 1.74 bits per heavy atom. The van der Waals surface area contributed by atoms with Crippen LogP contribution in [0.3, 0.4) is 0 Å². The Kier molecular flexibility index (Phi) is 11.3. The molecule has 0 radical (unpaired) electrons. The molecule has 5 aromatic rings. The van der Waals surface area contributed by atoms with Crippen LogP contribution in [0.4, 0.5) is 4.79 Å². The standard InChI is InChI=1S/C46H48N4O4/c1-50(2,31-11-28-49-44(51)41-16-9-10-17-42(41)45(49)52)33-35-20-24-37(25-21-35)36-22-18-34(19-23-36)32-48-29-26-40(27-30-48)54-46(53)47-43(38-12-5-3-6-13-38)39-14-7-4-8-15-39/h3-10,12-25,40,43H,11,26-33H2,1-2H3/p+1. The number of amides is 3. The van der Waals surface area contributed by atoms with E-state index in [-0.39, 0.29) is 30.1 Å². The molecule has 2 aliphatic heterocycles. The third kappa shape index (κ3) is 8.96. The topological polar surface area (TPSA) is 79.0 Å². The number of imide groups is 1. The van der Waals surface area contributed by atoms with Gasteiger partial charge in [0.15, 0.2) is 0 Å². The lowest BCUT2D eigenvalue weighted by Crippen LogP contribution is -2.41. The van der Waals surface area contributed by atoms with E-state index in [1.165, 1.54) is 27.2 Å². The minimum atomic E-state index is -0.380. The molecule has 3 amide bonds. The summed E-state index contributed by atoms with van der Waals surface area (Å²) in [7, 11) is 4.38. The quantitative estimate of drug-likeness (QED) is 0.0983. The van der Waals surface area contributed by atoms with Crippen molar-refractivity contribution in [3.05, 3.63) is 167 Å². The Balaban J connectivity index is 0.845. The highest BCUT2D eigenvalue weighted by atomic mass is 16.6. The largest absolute Gasteiger partial charge is 0.446 e. The lowest BCUT2D eigenvalue weighted by molar-refractivity contribution is -0.903. The molecule has 0 unspecified atom stereocenters. The van der Waals surface area contributed by atoms with Crippen molar-refractivity contribution in [1.82, 2.24) is 15.1 Å². The highest BCUT2D eigenvalue weighted by Crippen LogP contribution is 2.26. The van der Waals surface area contributed by atoms with E-state index in [0.29, 0.717) is 17.7 Å². The molecule has 2 heterocycles. The minimum absolute atomic E-state index is 0.104. The number of likely N-dealkylation sites (tertiary alicyclic amines) is 1. The van der Waals surface area contributed by atoms with E-state index < -0.39 is 0 Å². The van der Waals surface area contributed by atoms with Gasteiger partial charge in [0, 0.05) is 38.2 Å². The van der Waals surface area contributed by atoms with Crippen molar-refractivity contribution in [3.8, 4) is 11.1 Å². The Morgan fingerprint density at radius 2 is 1.20 bits per heavy atom. The number of ether oxygens (including phenoxy) is 1. The summed E-state index contributed by atoms with van der Waals surface area (Å²) in [5, 5.41) is 3.10. The first-order valence-corrected chi connectivity index (χ1v) is 19.0. The second-order valence-electron chi connectivity index (χ2n) is 15.2. The van der Waals surface area contributed by atoms with Crippen LogP contribution < -0.4 is 5.32 Å². The summed E-state index contributed by atoms with van der Waals surface area (Å²) in [6, 6.07) is 44.4. The molecule has 0 aliphatic carbocycles. The van der Waals surface area contributed by atoms with Crippen LogP contribution in [-0.2, 0) is 17.8 Å². The summed E-state index contributed by atoms with van der Waals surface area (Å²) in [5.74, 6) is -0.370. The number of quaternary nitrogens is 1. The normalized spacial score (nSPS) is 15.1. The van der Waals surface area contributed by atoms with Crippen LogP contribution in [0.15, 0.2) is 133 Å². The van der Waals surface area contributed by atoms with Crippen LogP contribution in [0.5, 0.6) is 0 Å². The summed E-state index contributed by atoms with van der Waals surface area (Å²) < 4.78 is 6.68. The van der Waals surface area contributed by atoms with E-state index in [1.54, 1.807) is 24.3 Å². The zero-order chi connectivity index (χ0) is 37.5. The van der Waals surface area contributed by atoms with Crippen molar-refractivity contribution in [2.24, 2.45) is 0 Å². The van der Waals surface area contributed by atoms with E-state index in [4.69, 9.17) is 4.74 Å². The molecule has 54 heavy (non-hydrogen) atoms. The summed E-state index contributed by atoms with van der Waals surface area (Å²) >= 11 is 0. The molecule has 0 spiro atoms. The Hall–Kier alpha value is -5.57. The third-order valence-corrected chi connectivity index (χ3v) is 10.6. The van der Waals surface area contributed by atoms with Gasteiger partial charge in [0.1, 0.15) is 12.6 Å². The summed E-state index contributed by atoms with van der Waals surface area (Å²) in [5.41, 5.74) is 7.93. The molecule has 0 bridgehead atoms. The zero-order valence-electron chi connectivity index (χ0n) is 31.2. The first-order valence-electron chi connectivity index (χ1n) is 19.0. The van der Waals surface area contributed by atoms with Crippen molar-refractivity contribution >= 4 is 17.9 Å². The maximum atomic E-state index is 13.0. The summed E-state index contributed by atoms with van der Waals surface area (Å²) in [6.07, 6.45) is 1.88. The number of fused-ring (bicyclic) bond motifs is 1. The molecule has 5 aromatic carbocycles. The number of piperidine rings is 1. The number of alkyl carbamates (subject to hydrolysis) is 1. The molecule has 2 aliphatic rings. The van der Waals surface area contributed by atoms with Crippen LogP contribution in [0, 0.1) is 0 Å². The average Bonchev–Trinajstić information content (AvgIpc) is 3.43. The molecular formula is C46H49N4O4+. The van der Waals surface area contributed by atoms with Crippen LogP contribution in [-0.4, -0.2) is 78.6 Å². The van der Waals surface area contributed by atoms with E-state index in [1.807, 2.05) is 60.7 Å². The fraction of sp³-hybridized carbons (Fsp3) is 0.283. The van der Waals surface area contributed by atoms with E-state index >= 15 is 0 Å². The highest BCUT2D eigenvalue weighted by molar-refractivity contribution is 6.21. The molecule has 1 N–H and O–H groups in total. The smallest absolute Gasteiger partial charge is 0.408 e. The monoisotopic (exact) mass is 721 g/mol. The van der Waals surface area contributed by atoms with Gasteiger partial charge in [-0.05, 0) is 52.8 Å². The maximum Gasteiger partial charge on any atom is 0.408 e. The molecule has 8 heteroatoms. The molecule has 0 aromatic heterocycles. The number of nitrogens with zero attached hydrogens (tertiary/aromatic N) is 3. The minimum Gasteiger partial charge on any atom is -0.446 e. The molecule has 1 saturated heterocycles. The van der Waals surface area contributed by atoms with Crippen molar-refractivity contribution in [1.29, 1.82) is 0 Å². The molecule has 0 saturated carbocycles. The Labute approximate surface area is 318 Å². The predicted molar refractivity (Wildman–Crippen MR) is 212 cm³/mol. The zero-order valence-corrected chi connectivity index (χ0v) is 31.2. The predicted octanol–water partition coefficient (Wildman–Crippen LogP) is 8.10. The number of hydrogen-bond donors (Lipinski definition) is 1. The first-order chi connectivity index (χ1) is 26.2. The highest BCUT2D eigenvalue weighted by Gasteiger charge is 2.35. The second kappa shape index (κ2) is 16.6. The van der Waals surface area contributed by atoms with Crippen LogP contribution in [0.2, 0.25) is 0 Å². The van der Waals surface area contributed by atoms with Crippen LogP contribution in [0.25, 0.3) is 11.1 Å². The van der Waals surface area contributed by atoms with Gasteiger partial charge in [-0.25, -0.2) is 4.79 Å². The number of carbonyl (C=O) groups is 3. The van der Waals surface area contributed by atoms with Crippen molar-refractivity contribution < 1.29 is 23.6 Å². The number of hydrogen-bond acceptors (Lipinski definition) is 5. The maximum absolute atomic E-state index is 13.0. The second-order valence-corrected chi connectivity index (χ2v) is 15.2. The fourth-order valence-corrected chi connectivity index (χ4v) is 7.67. The molecule has 7 rings (SSSR count). The van der Waals surface area contributed by atoms with Gasteiger partial charge >= 0.3 is 6.09 Å². The molecule has 0 atom stereocenters. The lowest BCUT2D eigenvalue weighted by Gasteiger charge is -2.32. The van der Waals surface area contributed by atoms with Gasteiger partial charge in [-0.2, -0.15) is 0 Å². The first kappa shape index (κ1) is 36.8. The number of carbonyl (C=O) groups excluding carboxylic acids is 3. The number of nitrogens with one attached hydrogen (secondary N) is 1. The van der Waals surface area contributed by atoms with Gasteiger partial charge in [0.05, 0.1) is 37.8 Å². The molecule has 1 fully saturated rings. The van der Waals surface area contributed by atoms with Gasteiger partial charge in [0.2, 0.25) is 0 Å². The van der Waals surface area contributed by atoms with Gasteiger partial charge in [0.25, 0.3) is 11.8 Å². The molecule has 8 nitrogen and oxygen atoms in total. The van der Waals surface area contributed by atoms with Crippen molar-refractivity contribution in [3.63, 3.8) is 0 Å². The Bertz CT molecular complexity index is 1970. The number of benzene rings is 5. The van der Waals surface area contributed by atoms with Gasteiger partial charge in [-0.1, -0.05) is 121 Å². The van der Waals surface area contributed by atoms with Crippen molar-refractivity contribution in [2.75, 3.05) is 40.3 Å². The van der Waals surface area contributed by atoms with E-state index in [9.17, 15) is 14.4 Å². The van der Waals surface area contributed by atoms with Crippen LogP contribution in [0.1, 0.15) is 68.3 Å². The van der Waals surface area contributed by atoms with E-state index in [2.05, 4.69) is 72.8 Å². The van der Waals surface area contributed by atoms with Gasteiger partial charge in [-0.3, -0.25) is 19.4 Å². The molecule has 276 valence electrons. The SMILES string of the molecule is C[N+](C)(CCCN1C(=O)c2ccccc2C1=O)Cc1ccc(-c2ccc(CN3CCC(OC(=O)NC(c4ccccc4)c4ccccc4)CC3)cc2)cc1. The van der Waals surface area contributed by atoms with Crippen molar-refractivity contribution in [2.45, 2.75) is 44.5 Å². The lowest BCUT2D eigenvalue weighted by atomic mass is 9.99. The number of rotatable bonds is 13. The summed E-state index contributed by atoms with van der Waals surface area (Å²) in [6.45, 7) is 4.75. The fourth-order valence-electron chi connectivity index (χ4n) is 7.67. The molecular weight excluding hydrogens is 673 g/mol. The third-order valence-electron chi connectivity index (χ3n) is 10.6. The van der Waals surface area contributed by atoms with Crippen LogP contribution >= 0.6 is 0 Å². The Morgan fingerprint density at radius 1 is 0.704 bits per heavy atom.